The smallest absolute Gasteiger partial charge is 0.261 e. The van der Waals surface area contributed by atoms with E-state index in [9.17, 15) is 13.2 Å². The van der Waals surface area contributed by atoms with E-state index in [1.54, 1.807) is 18.2 Å². The number of nitrogens with one attached hydrogen (secondary N) is 2. The quantitative estimate of drug-likeness (QED) is 0.691. The van der Waals surface area contributed by atoms with Gasteiger partial charge in [0, 0.05) is 11.3 Å². The van der Waals surface area contributed by atoms with Crippen LogP contribution in [0.4, 0.5) is 11.4 Å². The van der Waals surface area contributed by atoms with Crippen molar-refractivity contribution < 1.29 is 13.2 Å². The molecule has 5 nitrogen and oxygen atoms in total. The third-order valence-electron chi connectivity index (χ3n) is 4.10. The maximum absolute atomic E-state index is 12.6. The fraction of sp³-hybridized carbons (Fsp3) is 0.0952. The monoisotopic (exact) mass is 380 g/mol. The third-order valence-corrected chi connectivity index (χ3v) is 5.48. The second kappa shape index (κ2) is 7.63. The van der Waals surface area contributed by atoms with Crippen LogP contribution in [0.1, 0.15) is 21.5 Å². The highest BCUT2D eigenvalue weighted by molar-refractivity contribution is 7.92. The van der Waals surface area contributed by atoms with Gasteiger partial charge in [0.25, 0.3) is 15.9 Å². The van der Waals surface area contributed by atoms with Crippen LogP contribution >= 0.6 is 0 Å². The summed E-state index contributed by atoms with van der Waals surface area (Å²) in [5.41, 5.74) is 3.40. The van der Waals surface area contributed by atoms with Crippen molar-refractivity contribution in [3.8, 4) is 0 Å². The highest BCUT2D eigenvalue weighted by Gasteiger charge is 2.16. The largest absolute Gasteiger partial charge is 0.322 e. The number of carbonyl (C=O) groups excluding carboxylic acids is 1. The van der Waals surface area contributed by atoms with Crippen molar-refractivity contribution in [1.29, 1.82) is 0 Å². The molecule has 0 spiro atoms. The predicted molar refractivity (Wildman–Crippen MR) is 108 cm³/mol. The van der Waals surface area contributed by atoms with Crippen LogP contribution < -0.4 is 10.0 Å². The Hall–Kier alpha value is -3.12. The topological polar surface area (TPSA) is 75.3 Å². The molecule has 0 heterocycles. The minimum absolute atomic E-state index is 0.0969. The van der Waals surface area contributed by atoms with Crippen LogP contribution in [0.25, 0.3) is 0 Å². The molecule has 0 atom stereocenters. The third kappa shape index (κ3) is 4.54. The number of carbonyl (C=O) groups is 1. The lowest BCUT2D eigenvalue weighted by molar-refractivity contribution is 0.102. The minimum Gasteiger partial charge on any atom is -0.322 e. The number of hydrogen-bond donors (Lipinski definition) is 2. The van der Waals surface area contributed by atoms with Gasteiger partial charge in [-0.1, -0.05) is 30.3 Å². The van der Waals surface area contributed by atoms with Gasteiger partial charge in [0.05, 0.1) is 10.6 Å². The molecule has 0 saturated heterocycles. The molecule has 3 aromatic carbocycles. The number of sulfonamides is 1. The van der Waals surface area contributed by atoms with Crippen molar-refractivity contribution in [2.45, 2.75) is 18.7 Å². The summed E-state index contributed by atoms with van der Waals surface area (Å²) >= 11 is 0. The standard InChI is InChI=1S/C21H20N2O3S/c1-15-8-9-16(2)20(14-15)23-27(25,26)19-12-10-17(11-13-19)21(24)22-18-6-4-3-5-7-18/h3-14,23H,1-2H3,(H,22,24). The summed E-state index contributed by atoms with van der Waals surface area (Å²) in [5.74, 6) is -0.298. The van der Waals surface area contributed by atoms with E-state index in [0.29, 0.717) is 16.9 Å². The highest BCUT2D eigenvalue weighted by atomic mass is 32.2. The summed E-state index contributed by atoms with van der Waals surface area (Å²) < 4.78 is 27.9. The van der Waals surface area contributed by atoms with E-state index in [2.05, 4.69) is 10.0 Å². The average Bonchev–Trinajstić information content (AvgIpc) is 2.65. The molecule has 0 fully saturated rings. The molecule has 2 N–H and O–H groups in total. The van der Waals surface area contributed by atoms with Crippen LogP contribution in [0.3, 0.4) is 0 Å². The summed E-state index contributed by atoms with van der Waals surface area (Å²) in [7, 11) is -3.74. The Labute approximate surface area is 159 Å². The summed E-state index contributed by atoms with van der Waals surface area (Å²) in [6.07, 6.45) is 0. The molecule has 0 aromatic heterocycles. The Morgan fingerprint density at radius 3 is 2.19 bits per heavy atom. The van der Waals surface area contributed by atoms with Crippen molar-refractivity contribution in [1.82, 2.24) is 0 Å². The summed E-state index contributed by atoms with van der Waals surface area (Å²) in [6.45, 7) is 3.74. The second-order valence-electron chi connectivity index (χ2n) is 6.27. The van der Waals surface area contributed by atoms with E-state index in [0.717, 1.165) is 11.1 Å². The van der Waals surface area contributed by atoms with Gasteiger partial charge in [-0.25, -0.2) is 8.42 Å². The molecule has 27 heavy (non-hydrogen) atoms. The van der Waals surface area contributed by atoms with Crippen molar-refractivity contribution in [3.05, 3.63) is 89.5 Å². The summed E-state index contributed by atoms with van der Waals surface area (Å²) in [4.78, 5) is 12.4. The van der Waals surface area contributed by atoms with Crippen LogP contribution in [0, 0.1) is 13.8 Å². The van der Waals surface area contributed by atoms with Gasteiger partial charge in [-0.2, -0.15) is 0 Å². The zero-order chi connectivity index (χ0) is 19.4. The predicted octanol–water partition coefficient (Wildman–Crippen LogP) is 4.36. The lowest BCUT2D eigenvalue weighted by atomic mass is 10.1. The van der Waals surface area contributed by atoms with Gasteiger partial charge in [0.2, 0.25) is 0 Å². The molecule has 3 rings (SSSR count). The van der Waals surface area contributed by atoms with Gasteiger partial charge < -0.3 is 5.32 Å². The molecule has 0 aliphatic carbocycles. The van der Waals surface area contributed by atoms with Gasteiger partial charge in [-0.15, -0.1) is 0 Å². The number of hydrogen-bond acceptors (Lipinski definition) is 3. The van der Waals surface area contributed by atoms with Crippen molar-refractivity contribution in [3.63, 3.8) is 0 Å². The Balaban J connectivity index is 1.77. The fourth-order valence-corrected chi connectivity index (χ4v) is 3.68. The molecular formula is C21H20N2O3S. The summed E-state index contributed by atoms with van der Waals surface area (Å²) in [5, 5.41) is 2.77. The first-order valence-corrected chi connectivity index (χ1v) is 9.90. The molecule has 0 saturated carbocycles. The van der Waals surface area contributed by atoms with E-state index in [1.807, 2.05) is 44.2 Å². The molecule has 0 aliphatic heterocycles. The van der Waals surface area contributed by atoms with E-state index >= 15 is 0 Å². The first kappa shape index (κ1) is 18.7. The SMILES string of the molecule is Cc1ccc(C)c(NS(=O)(=O)c2ccc(C(=O)Nc3ccccc3)cc2)c1. The Morgan fingerprint density at radius 1 is 0.852 bits per heavy atom. The molecule has 0 unspecified atom stereocenters. The highest BCUT2D eigenvalue weighted by Crippen LogP contribution is 2.21. The number of anilines is 2. The molecule has 138 valence electrons. The lowest BCUT2D eigenvalue weighted by Crippen LogP contribution is -2.15. The lowest BCUT2D eigenvalue weighted by Gasteiger charge is -2.12. The molecule has 0 bridgehead atoms. The average molecular weight is 380 g/mol. The van der Waals surface area contributed by atoms with Crippen molar-refractivity contribution in [2.75, 3.05) is 10.0 Å². The first-order chi connectivity index (χ1) is 12.8. The van der Waals surface area contributed by atoms with E-state index < -0.39 is 10.0 Å². The Kier molecular flexibility index (Phi) is 5.28. The van der Waals surface area contributed by atoms with Gasteiger partial charge in [-0.3, -0.25) is 9.52 Å². The van der Waals surface area contributed by atoms with E-state index in [1.165, 1.54) is 24.3 Å². The van der Waals surface area contributed by atoms with E-state index in [4.69, 9.17) is 0 Å². The number of rotatable bonds is 5. The Morgan fingerprint density at radius 2 is 1.52 bits per heavy atom. The van der Waals surface area contributed by atoms with Gasteiger partial charge >= 0.3 is 0 Å². The fourth-order valence-electron chi connectivity index (χ4n) is 2.56. The summed E-state index contributed by atoms with van der Waals surface area (Å²) in [6, 6.07) is 20.5. The number of aryl methyl sites for hydroxylation is 2. The number of para-hydroxylation sites is 1. The minimum atomic E-state index is -3.74. The van der Waals surface area contributed by atoms with Gasteiger partial charge in [-0.05, 0) is 67.4 Å². The van der Waals surface area contributed by atoms with Crippen LogP contribution in [0.2, 0.25) is 0 Å². The molecule has 6 heteroatoms. The number of amides is 1. The zero-order valence-electron chi connectivity index (χ0n) is 15.1. The zero-order valence-corrected chi connectivity index (χ0v) is 15.9. The van der Waals surface area contributed by atoms with Crippen LogP contribution in [0.5, 0.6) is 0 Å². The maximum atomic E-state index is 12.6. The normalized spacial score (nSPS) is 11.0. The number of benzene rings is 3. The van der Waals surface area contributed by atoms with Crippen LogP contribution in [-0.2, 0) is 10.0 Å². The van der Waals surface area contributed by atoms with E-state index in [-0.39, 0.29) is 10.8 Å². The first-order valence-electron chi connectivity index (χ1n) is 8.42. The maximum Gasteiger partial charge on any atom is 0.261 e. The van der Waals surface area contributed by atoms with Crippen molar-refractivity contribution >= 4 is 27.3 Å². The van der Waals surface area contributed by atoms with Gasteiger partial charge in [0.15, 0.2) is 0 Å². The van der Waals surface area contributed by atoms with Crippen LogP contribution in [-0.4, -0.2) is 14.3 Å². The molecular weight excluding hydrogens is 360 g/mol. The molecule has 3 aromatic rings. The molecule has 0 aliphatic rings. The van der Waals surface area contributed by atoms with Gasteiger partial charge in [0.1, 0.15) is 0 Å². The molecule has 1 amide bonds. The molecule has 0 radical (unpaired) electrons. The van der Waals surface area contributed by atoms with Crippen molar-refractivity contribution in [2.24, 2.45) is 0 Å². The van der Waals surface area contributed by atoms with Crippen LogP contribution in [0.15, 0.2) is 77.7 Å². The second-order valence-corrected chi connectivity index (χ2v) is 7.95. The Bertz CT molecular complexity index is 1060.